The lowest BCUT2D eigenvalue weighted by molar-refractivity contribution is -0.124. The van der Waals surface area contributed by atoms with Gasteiger partial charge in [-0.15, -0.1) is 0 Å². The Labute approximate surface area is 159 Å². The smallest absolute Gasteiger partial charge is 0.220 e. The Balaban J connectivity index is 0.00000676. The van der Waals surface area contributed by atoms with Gasteiger partial charge in [-0.05, 0) is 38.5 Å². The molecule has 1 amide bonds. The molecule has 1 rings (SSSR count). The summed E-state index contributed by atoms with van der Waals surface area (Å²) in [4.78, 5) is 23.4. The van der Waals surface area contributed by atoms with Crippen LogP contribution in [-0.4, -0.2) is 57.4 Å². The molecule has 1 unspecified atom stereocenters. The molecule has 0 aromatic rings. The number of methoxy groups -OCH3 is 1. The lowest BCUT2D eigenvalue weighted by Crippen LogP contribution is -2.28. The molecule has 1 saturated carbocycles. The van der Waals surface area contributed by atoms with Crippen LogP contribution in [0.1, 0.15) is 66.6 Å². The average molecular weight is 374 g/mol. The summed E-state index contributed by atoms with van der Waals surface area (Å²) in [5.41, 5.74) is 0. The normalized spacial score (nSPS) is 21.3. The summed E-state index contributed by atoms with van der Waals surface area (Å²) in [7, 11) is 1.77. The van der Waals surface area contributed by atoms with E-state index in [4.69, 9.17) is 14.2 Å². The number of hydrogen-bond donors (Lipinski definition) is 1. The molecule has 26 heavy (non-hydrogen) atoms. The van der Waals surface area contributed by atoms with Gasteiger partial charge in [-0.25, -0.2) is 0 Å². The van der Waals surface area contributed by atoms with Gasteiger partial charge in [-0.3, -0.25) is 9.59 Å². The third-order valence-electron chi connectivity index (χ3n) is 5.08. The summed E-state index contributed by atoms with van der Waals surface area (Å²) in [6.45, 7) is 5.94. The van der Waals surface area contributed by atoms with Crippen molar-refractivity contribution in [2.24, 2.45) is 5.92 Å². The van der Waals surface area contributed by atoms with Gasteiger partial charge in [0.25, 0.3) is 0 Å². The summed E-state index contributed by atoms with van der Waals surface area (Å²) >= 11 is 0. The topological polar surface area (TPSA) is 73.9 Å². The molecule has 0 bridgehead atoms. The molecule has 154 valence electrons. The number of hydrogen-bond acceptors (Lipinski definition) is 5. The summed E-state index contributed by atoms with van der Waals surface area (Å²) in [5, 5.41) is 2.84. The molecule has 0 saturated heterocycles. The second-order valence-corrected chi connectivity index (χ2v) is 7.10. The standard InChI is InChI=1S/C20H37NO5.H2/c1-4-16(2)19(22)11-14-25-15-12-21-20(23)6-5-13-26-18-9-7-17(24-3)8-10-18;/h16-18H,4-15H2,1-3H3,(H,21,23);1H. The molecule has 0 spiro atoms. The van der Waals surface area contributed by atoms with Gasteiger partial charge in [0.2, 0.25) is 5.91 Å². The highest BCUT2D eigenvalue weighted by atomic mass is 16.5. The predicted molar refractivity (Wildman–Crippen MR) is 103 cm³/mol. The molecular weight excluding hydrogens is 334 g/mol. The van der Waals surface area contributed by atoms with Gasteiger partial charge < -0.3 is 19.5 Å². The van der Waals surface area contributed by atoms with Crippen LogP contribution in [-0.2, 0) is 23.8 Å². The van der Waals surface area contributed by atoms with E-state index in [1.54, 1.807) is 7.11 Å². The van der Waals surface area contributed by atoms with Crippen LogP contribution in [0.4, 0.5) is 0 Å². The van der Waals surface area contributed by atoms with Crippen molar-refractivity contribution in [3.8, 4) is 0 Å². The van der Waals surface area contributed by atoms with Crippen LogP contribution >= 0.6 is 0 Å². The first-order chi connectivity index (χ1) is 12.6. The van der Waals surface area contributed by atoms with Crippen molar-refractivity contribution in [1.82, 2.24) is 5.32 Å². The number of ether oxygens (including phenoxy) is 3. The SMILES string of the molecule is CCC(C)C(=O)CCOCCNC(=O)CCCOC1CCC(OC)CC1.[HH]. The van der Waals surface area contributed by atoms with Gasteiger partial charge in [-0.1, -0.05) is 13.8 Å². The Kier molecular flexibility index (Phi) is 12.5. The van der Waals surface area contributed by atoms with Crippen molar-refractivity contribution in [3.05, 3.63) is 0 Å². The fourth-order valence-electron chi connectivity index (χ4n) is 3.02. The van der Waals surface area contributed by atoms with Gasteiger partial charge in [0.1, 0.15) is 5.78 Å². The number of ketones is 1. The third kappa shape index (κ3) is 10.2. The van der Waals surface area contributed by atoms with Crippen molar-refractivity contribution < 1.29 is 25.2 Å². The van der Waals surface area contributed by atoms with Gasteiger partial charge in [0.05, 0.1) is 25.4 Å². The van der Waals surface area contributed by atoms with Gasteiger partial charge in [0.15, 0.2) is 0 Å². The van der Waals surface area contributed by atoms with Crippen LogP contribution in [0.2, 0.25) is 0 Å². The maximum Gasteiger partial charge on any atom is 0.220 e. The molecule has 1 aliphatic carbocycles. The average Bonchev–Trinajstić information content (AvgIpc) is 2.67. The molecule has 1 aliphatic rings. The monoisotopic (exact) mass is 373 g/mol. The zero-order chi connectivity index (χ0) is 19.2. The molecule has 6 nitrogen and oxygen atoms in total. The van der Waals surface area contributed by atoms with E-state index in [0.29, 0.717) is 51.4 Å². The van der Waals surface area contributed by atoms with Gasteiger partial charge in [0, 0.05) is 40.4 Å². The van der Waals surface area contributed by atoms with Gasteiger partial charge in [-0.2, -0.15) is 0 Å². The molecule has 1 N–H and O–H groups in total. The molecule has 1 fully saturated rings. The van der Waals surface area contributed by atoms with E-state index in [1.165, 1.54) is 0 Å². The van der Waals surface area contributed by atoms with E-state index in [2.05, 4.69) is 5.32 Å². The molecule has 6 heteroatoms. The zero-order valence-electron chi connectivity index (χ0n) is 16.8. The quantitative estimate of drug-likeness (QED) is 0.474. The van der Waals surface area contributed by atoms with Crippen LogP contribution in [0, 0.1) is 5.92 Å². The maximum atomic E-state index is 11.8. The number of carbonyl (C=O) groups excluding carboxylic acids is 2. The number of amides is 1. The van der Waals surface area contributed by atoms with Crippen molar-refractivity contribution in [3.63, 3.8) is 0 Å². The first kappa shape index (κ1) is 23.1. The molecule has 0 radical (unpaired) electrons. The van der Waals surface area contributed by atoms with E-state index < -0.39 is 0 Å². The highest BCUT2D eigenvalue weighted by Gasteiger charge is 2.21. The second kappa shape index (κ2) is 14.1. The van der Waals surface area contributed by atoms with Crippen LogP contribution in [0.3, 0.4) is 0 Å². The first-order valence-electron chi connectivity index (χ1n) is 10.1. The van der Waals surface area contributed by atoms with Crippen molar-refractivity contribution in [2.75, 3.05) is 33.5 Å². The van der Waals surface area contributed by atoms with Crippen molar-refractivity contribution in [1.29, 1.82) is 0 Å². The van der Waals surface area contributed by atoms with Crippen LogP contribution < -0.4 is 5.32 Å². The second-order valence-electron chi connectivity index (χ2n) is 7.10. The van der Waals surface area contributed by atoms with E-state index in [-0.39, 0.29) is 19.0 Å². The number of rotatable bonds is 14. The van der Waals surface area contributed by atoms with E-state index in [0.717, 1.165) is 38.5 Å². The molecule has 0 aromatic heterocycles. The minimum atomic E-state index is 0. The zero-order valence-corrected chi connectivity index (χ0v) is 16.8. The minimum absolute atomic E-state index is 0. The maximum absolute atomic E-state index is 11.8. The van der Waals surface area contributed by atoms with E-state index >= 15 is 0 Å². The summed E-state index contributed by atoms with van der Waals surface area (Å²) in [6.07, 6.45) is 7.44. The predicted octanol–water partition coefficient (Wildman–Crippen LogP) is 3.12. The molecule has 0 heterocycles. The lowest BCUT2D eigenvalue weighted by Gasteiger charge is -2.27. The fraction of sp³-hybridized carbons (Fsp3) is 0.900. The minimum Gasteiger partial charge on any atom is -0.381 e. The van der Waals surface area contributed by atoms with Crippen LogP contribution in [0.5, 0.6) is 0 Å². The van der Waals surface area contributed by atoms with E-state index in [9.17, 15) is 9.59 Å². The van der Waals surface area contributed by atoms with Crippen LogP contribution in [0.15, 0.2) is 0 Å². The summed E-state index contributed by atoms with van der Waals surface area (Å²) in [5.74, 6) is 0.374. The highest BCUT2D eigenvalue weighted by molar-refractivity contribution is 5.80. The largest absolute Gasteiger partial charge is 0.381 e. The number of carbonyl (C=O) groups is 2. The Bertz CT molecular complexity index is 400. The summed E-state index contributed by atoms with van der Waals surface area (Å²) in [6, 6.07) is 0. The fourth-order valence-corrected chi connectivity index (χ4v) is 3.02. The lowest BCUT2D eigenvalue weighted by atomic mass is 9.95. The summed E-state index contributed by atoms with van der Waals surface area (Å²) < 4.78 is 16.6. The van der Waals surface area contributed by atoms with Crippen LogP contribution in [0.25, 0.3) is 0 Å². The first-order valence-corrected chi connectivity index (χ1v) is 10.1. The Morgan fingerprint density at radius 3 is 2.42 bits per heavy atom. The van der Waals surface area contributed by atoms with Crippen molar-refractivity contribution >= 4 is 11.7 Å². The number of Topliss-reactive ketones (excluding diaryl/α,β-unsaturated/α-hetero) is 1. The third-order valence-corrected chi connectivity index (χ3v) is 5.08. The van der Waals surface area contributed by atoms with Crippen molar-refractivity contribution in [2.45, 2.75) is 77.4 Å². The van der Waals surface area contributed by atoms with E-state index in [1.807, 2.05) is 13.8 Å². The Morgan fingerprint density at radius 1 is 1.08 bits per heavy atom. The molecule has 0 aromatic carbocycles. The molecular formula is C20H39NO5. The molecule has 0 aliphatic heterocycles. The Morgan fingerprint density at radius 2 is 1.77 bits per heavy atom. The van der Waals surface area contributed by atoms with Gasteiger partial charge >= 0.3 is 0 Å². The Hall–Kier alpha value is -0.980. The molecule has 1 atom stereocenters. The highest BCUT2D eigenvalue weighted by Crippen LogP contribution is 2.23. The number of nitrogens with one attached hydrogen (secondary N) is 1.